The van der Waals surface area contributed by atoms with Crippen LogP contribution in [0.1, 0.15) is 25.7 Å². The molecule has 3 aliphatic rings. The van der Waals surface area contributed by atoms with Gasteiger partial charge in [-0.15, -0.1) is 10.2 Å². The summed E-state index contributed by atoms with van der Waals surface area (Å²) in [4.78, 5) is 13.3. The largest absolute Gasteiger partial charge is 0.381 e. The van der Waals surface area contributed by atoms with Crippen LogP contribution < -0.4 is 5.32 Å². The van der Waals surface area contributed by atoms with Crippen LogP contribution in [0.15, 0.2) is 36.4 Å². The lowest BCUT2D eigenvalue weighted by Gasteiger charge is -2.27. The summed E-state index contributed by atoms with van der Waals surface area (Å²) in [6.45, 7) is 5.53. The van der Waals surface area contributed by atoms with Crippen molar-refractivity contribution < 1.29 is 9.66 Å². The Hall–Kier alpha value is -2.58. The van der Waals surface area contributed by atoms with Gasteiger partial charge in [0, 0.05) is 56.6 Å². The molecule has 2 aliphatic heterocycles. The van der Waals surface area contributed by atoms with Crippen molar-refractivity contribution in [3.8, 4) is 11.3 Å². The van der Waals surface area contributed by atoms with Crippen LogP contribution in [0.2, 0.25) is 0 Å². The van der Waals surface area contributed by atoms with Gasteiger partial charge in [0.15, 0.2) is 0 Å². The molecule has 0 radical (unpaired) electrons. The topological polar surface area (TPSA) is 93.4 Å². The number of ether oxygens (including phenoxy) is 1. The smallest absolute Gasteiger partial charge is 0.270 e. The molecule has 8 nitrogen and oxygen atoms in total. The molecule has 2 atom stereocenters. The van der Waals surface area contributed by atoms with E-state index in [0.29, 0.717) is 17.3 Å². The monoisotopic (exact) mass is 423 g/mol. The van der Waals surface area contributed by atoms with Crippen LogP contribution in [0.25, 0.3) is 11.3 Å². The van der Waals surface area contributed by atoms with Gasteiger partial charge in [-0.05, 0) is 55.6 Å². The summed E-state index contributed by atoms with van der Waals surface area (Å²) >= 11 is 0. The number of nitrogens with one attached hydrogen (secondary N) is 1. The zero-order chi connectivity index (χ0) is 21.2. The van der Waals surface area contributed by atoms with Gasteiger partial charge in [-0.1, -0.05) is 12.1 Å². The molecule has 3 fully saturated rings. The number of fused-ring (bicyclic) bond motifs is 1. The van der Waals surface area contributed by atoms with Crippen LogP contribution in [0, 0.1) is 27.9 Å². The molecule has 0 unspecified atom stereocenters. The molecule has 2 saturated heterocycles. The average molecular weight is 424 g/mol. The van der Waals surface area contributed by atoms with Crippen molar-refractivity contribution in [2.24, 2.45) is 17.8 Å². The molecule has 31 heavy (non-hydrogen) atoms. The Bertz CT molecular complexity index is 902. The van der Waals surface area contributed by atoms with E-state index in [4.69, 9.17) is 4.74 Å². The van der Waals surface area contributed by atoms with Crippen LogP contribution in [-0.4, -0.2) is 58.9 Å². The van der Waals surface area contributed by atoms with Gasteiger partial charge < -0.3 is 15.0 Å². The summed E-state index contributed by atoms with van der Waals surface area (Å²) in [6.07, 6.45) is 4.79. The molecule has 164 valence electrons. The first kappa shape index (κ1) is 20.3. The second-order valence-electron chi connectivity index (χ2n) is 9.22. The fraction of sp³-hybridized carbons (Fsp3) is 0.565. The van der Waals surface area contributed by atoms with Gasteiger partial charge in [-0.3, -0.25) is 10.1 Å². The number of anilines is 1. The van der Waals surface area contributed by atoms with E-state index in [1.165, 1.54) is 57.5 Å². The van der Waals surface area contributed by atoms with Gasteiger partial charge >= 0.3 is 0 Å². The number of nitro groups is 1. The molecule has 1 N–H and O–H groups in total. The number of hydrogen-bond donors (Lipinski definition) is 1. The fourth-order valence-corrected chi connectivity index (χ4v) is 5.51. The lowest BCUT2D eigenvalue weighted by atomic mass is 10.00. The zero-order valence-electron chi connectivity index (χ0n) is 17.7. The van der Waals surface area contributed by atoms with Crippen molar-refractivity contribution in [3.63, 3.8) is 0 Å². The second kappa shape index (κ2) is 8.88. The SMILES string of the molecule is O=[N+]([O-])c1cccc(-c2ccc(NC3C[C@@H]4CN(CC5CCOCC5)C[C@H]4C3)nn2)c1. The summed E-state index contributed by atoms with van der Waals surface area (Å²) in [5.41, 5.74) is 1.40. The molecule has 0 bridgehead atoms. The summed E-state index contributed by atoms with van der Waals surface area (Å²) < 4.78 is 5.49. The molecule has 1 aromatic carbocycles. The van der Waals surface area contributed by atoms with E-state index < -0.39 is 4.92 Å². The highest BCUT2D eigenvalue weighted by atomic mass is 16.6. The molecule has 1 aromatic heterocycles. The lowest BCUT2D eigenvalue weighted by molar-refractivity contribution is -0.384. The van der Waals surface area contributed by atoms with Gasteiger partial charge in [-0.2, -0.15) is 0 Å². The van der Waals surface area contributed by atoms with E-state index in [1.807, 2.05) is 18.2 Å². The Morgan fingerprint density at radius 3 is 2.55 bits per heavy atom. The van der Waals surface area contributed by atoms with Crippen LogP contribution in [0.5, 0.6) is 0 Å². The minimum absolute atomic E-state index is 0.0601. The average Bonchev–Trinajstić information content (AvgIpc) is 3.33. The molecule has 0 spiro atoms. The maximum atomic E-state index is 11.0. The van der Waals surface area contributed by atoms with E-state index >= 15 is 0 Å². The Labute approximate surface area is 182 Å². The first-order valence-corrected chi connectivity index (χ1v) is 11.3. The maximum absolute atomic E-state index is 11.0. The highest BCUT2D eigenvalue weighted by molar-refractivity contribution is 5.62. The third kappa shape index (κ3) is 4.70. The number of benzene rings is 1. The fourth-order valence-electron chi connectivity index (χ4n) is 5.51. The maximum Gasteiger partial charge on any atom is 0.270 e. The molecule has 5 rings (SSSR count). The number of hydrogen-bond acceptors (Lipinski definition) is 7. The molecule has 1 aliphatic carbocycles. The number of nitro benzene ring substituents is 1. The second-order valence-corrected chi connectivity index (χ2v) is 9.22. The van der Waals surface area contributed by atoms with Crippen molar-refractivity contribution in [1.82, 2.24) is 15.1 Å². The van der Waals surface area contributed by atoms with Crippen LogP contribution >= 0.6 is 0 Å². The van der Waals surface area contributed by atoms with Gasteiger partial charge in [0.05, 0.1) is 10.6 Å². The molecule has 0 amide bonds. The molecule has 2 aromatic rings. The summed E-state index contributed by atoms with van der Waals surface area (Å²) in [5, 5.41) is 23.2. The third-order valence-electron chi connectivity index (χ3n) is 7.05. The van der Waals surface area contributed by atoms with Crippen molar-refractivity contribution >= 4 is 11.5 Å². The van der Waals surface area contributed by atoms with Crippen LogP contribution in [-0.2, 0) is 4.74 Å². The minimum Gasteiger partial charge on any atom is -0.381 e. The standard InChI is InChI=1S/C23H29N5O3/c29-28(30)21-3-1-2-17(12-21)22-4-5-23(26-25-22)24-20-10-18-14-27(15-19(18)11-20)13-16-6-8-31-9-7-16/h1-5,12,16,18-20H,6-11,13-15H2,(H,24,26)/t18-,19-/m1/s1. The van der Waals surface area contributed by atoms with Gasteiger partial charge in [0.25, 0.3) is 5.69 Å². The van der Waals surface area contributed by atoms with Crippen molar-refractivity contribution in [2.75, 3.05) is 38.2 Å². The number of likely N-dealkylation sites (tertiary alicyclic amines) is 1. The van der Waals surface area contributed by atoms with Gasteiger partial charge in [0.1, 0.15) is 5.82 Å². The molecule has 8 heteroatoms. The molecule has 1 saturated carbocycles. The minimum atomic E-state index is -0.394. The zero-order valence-corrected chi connectivity index (χ0v) is 17.7. The number of rotatable bonds is 6. The molecular weight excluding hydrogens is 394 g/mol. The van der Waals surface area contributed by atoms with E-state index in [1.54, 1.807) is 6.07 Å². The summed E-state index contributed by atoms with van der Waals surface area (Å²) in [6, 6.07) is 10.7. The van der Waals surface area contributed by atoms with Crippen LogP contribution in [0.4, 0.5) is 11.5 Å². The van der Waals surface area contributed by atoms with Gasteiger partial charge in [-0.25, -0.2) is 0 Å². The first-order chi connectivity index (χ1) is 15.1. The van der Waals surface area contributed by atoms with Crippen molar-refractivity contribution in [1.29, 1.82) is 0 Å². The first-order valence-electron chi connectivity index (χ1n) is 11.3. The number of aromatic nitrogens is 2. The van der Waals surface area contributed by atoms with E-state index in [0.717, 1.165) is 36.8 Å². The lowest BCUT2D eigenvalue weighted by Crippen LogP contribution is -2.32. The van der Waals surface area contributed by atoms with Crippen molar-refractivity contribution in [3.05, 3.63) is 46.5 Å². The number of nitrogens with zero attached hydrogens (tertiary/aromatic N) is 4. The molecule has 3 heterocycles. The third-order valence-corrected chi connectivity index (χ3v) is 7.05. The predicted octanol–water partition coefficient (Wildman–Crippen LogP) is 3.60. The Balaban J connectivity index is 1.14. The Kier molecular flexibility index (Phi) is 5.82. The predicted molar refractivity (Wildman–Crippen MR) is 118 cm³/mol. The summed E-state index contributed by atoms with van der Waals surface area (Å²) in [7, 11) is 0. The van der Waals surface area contributed by atoms with Gasteiger partial charge in [0.2, 0.25) is 0 Å². The van der Waals surface area contributed by atoms with Crippen molar-refractivity contribution in [2.45, 2.75) is 31.7 Å². The normalized spacial score (nSPS) is 24.9. The van der Waals surface area contributed by atoms with E-state index in [-0.39, 0.29) is 5.69 Å². The van der Waals surface area contributed by atoms with Crippen LogP contribution in [0.3, 0.4) is 0 Å². The van der Waals surface area contributed by atoms with E-state index in [2.05, 4.69) is 20.4 Å². The molecular formula is C23H29N5O3. The Morgan fingerprint density at radius 2 is 1.87 bits per heavy atom. The highest BCUT2D eigenvalue weighted by Crippen LogP contribution is 2.39. The highest BCUT2D eigenvalue weighted by Gasteiger charge is 2.41. The Morgan fingerprint density at radius 1 is 1.10 bits per heavy atom. The number of non-ortho nitro benzene ring substituents is 1. The van der Waals surface area contributed by atoms with E-state index in [9.17, 15) is 10.1 Å². The quantitative estimate of drug-likeness (QED) is 0.560. The summed E-state index contributed by atoms with van der Waals surface area (Å²) in [5.74, 6) is 3.13.